The van der Waals surface area contributed by atoms with Gasteiger partial charge in [-0.1, -0.05) is 59.6 Å². The molecular weight excluding hydrogens is 457 g/mol. The van der Waals surface area contributed by atoms with E-state index < -0.39 is 6.09 Å². The van der Waals surface area contributed by atoms with Gasteiger partial charge < -0.3 is 15.8 Å². The van der Waals surface area contributed by atoms with Gasteiger partial charge in [0, 0.05) is 13.1 Å². The number of nitrogen functional groups attached to an aromatic ring is 1. The molecule has 1 amide bonds. The summed E-state index contributed by atoms with van der Waals surface area (Å²) >= 11 is 12.1. The number of nitrogens with one attached hydrogen (secondary N) is 1. The van der Waals surface area contributed by atoms with Crippen molar-refractivity contribution < 1.29 is 9.53 Å². The van der Waals surface area contributed by atoms with Crippen molar-refractivity contribution in [2.45, 2.75) is 25.8 Å². The second-order valence-corrected chi connectivity index (χ2v) is 9.06. The molecule has 4 rings (SSSR count). The number of carbonyl (C=O) groups excluding carboxylic acids is 1. The SMILES string of the molecule is Nc1cc(-c2ccc(Cl)c(Cl)c2)ccc1OC(=O)NCCc1ccc(CN2CCCC2)cc1. The summed E-state index contributed by atoms with van der Waals surface area (Å²) in [6, 6.07) is 19.2. The zero-order chi connectivity index (χ0) is 23.2. The first-order valence-electron chi connectivity index (χ1n) is 11.1. The molecule has 0 bridgehead atoms. The number of hydrogen-bond donors (Lipinski definition) is 2. The van der Waals surface area contributed by atoms with E-state index in [2.05, 4.69) is 34.5 Å². The summed E-state index contributed by atoms with van der Waals surface area (Å²) < 4.78 is 5.38. The number of nitrogens with zero attached hydrogens (tertiary/aromatic N) is 1. The van der Waals surface area contributed by atoms with Crippen LogP contribution in [0.1, 0.15) is 24.0 Å². The van der Waals surface area contributed by atoms with E-state index in [1.165, 1.54) is 37.1 Å². The van der Waals surface area contributed by atoms with Crippen molar-refractivity contribution >= 4 is 35.0 Å². The third kappa shape index (κ3) is 6.41. The van der Waals surface area contributed by atoms with Crippen LogP contribution in [0.25, 0.3) is 11.1 Å². The van der Waals surface area contributed by atoms with E-state index in [0.29, 0.717) is 28.0 Å². The fraction of sp³-hybridized carbons (Fsp3) is 0.269. The minimum absolute atomic E-state index is 0.308. The summed E-state index contributed by atoms with van der Waals surface area (Å²) in [4.78, 5) is 14.7. The molecular formula is C26H27Cl2N3O2. The van der Waals surface area contributed by atoms with E-state index in [1.807, 2.05) is 12.1 Å². The highest BCUT2D eigenvalue weighted by Crippen LogP contribution is 2.32. The number of amides is 1. The van der Waals surface area contributed by atoms with Gasteiger partial charge in [0.05, 0.1) is 15.7 Å². The van der Waals surface area contributed by atoms with Gasteiger partial charge in [0.1, 0.15) is 0 Å². The van der Waals surface area contributed by atoms with E-state index in [-0.39, 0.29) is 0 Å². The molecule has 0 unspecified atom stereocenters. The van der Waals surface area contributed by atoms with Crippen LogP contribution in [0, 0.1) is 0 Å². The average molecular weight is 484 g/mol. The molecule has 0 spiro atoms. The Hall–Kier alpha value is -2.73. The van der Waals surface area contributed by atoms with Crippen LogP contribution >= 0.6 is 23.2 Å². The smallest absolute Gasteiger partial charge is 0.408 e. The number of ether oxygens (including phenoxy) is 1. The highest BCUT2D eigenvalue weighted by atomic mass is 35.5. The summed E-state index contributed by atoms with van der Waals surface area (Å²) in [6.45, 7) is 3.87. The molecule has 7 heteroatoms. The summed E-state index contributed by atoms with van der Waals surface area (Å²) in [5.41, 5.74) is 10.7. The van der Waals surface area contributed by atoms with Gasteiger partial charge in [0.2, 0.25) is 0 Å². The molecule has 3 aromatic carbocycles. The molecule has 0 saturated carbocycles. The van der Waals surface area contributed by atoms with Gasteiger partial charge >= 0.3 is 6.09 Å². The highest BCUT2D eigenvalue weighted by Gasteiger charge is 2.12. The molecule has 0 atom stereocenters. The number of likely N-dealkylation sites (tertiary alicyclic amines) is 1. The Labute approximate surface area is 204 Å². The number of carbonyl (C=O) groups is 1. The number of anilines is 1. The Balaban J connectivity index is 1.26. The van der Waals surface area contributed by atoms with Gasteiger partial charge in [-0.2, -0.15) is 0 Å². The molecule has 3 aromatic rings. The van der Waals surface area contributed by atoms with Crippen LogP contribution < -0.4 is 15.8 Å². The molecule has 1 fully saturated rings. The third-order valence-electron chi connectivity index (χ3n) is 5.78. The lowest BCUT2D eigenvalue weighted by atomic mass is 10.0. The molecule has 0 aliphatic carbocycles. The first-order chi connectivity index (χ1) is 16.0. The zero-order valence-corrected chi connectivity index (χ0v) is 19.8. The molecule has 5 nitrogen and oxygen atoms in total. The zero-order valence-electron chi connectivity index (χ0n) is 18.3. The summed E-state index contributed by atoms with van der Waals surface area (Å²) in [5.74, 6) is 0.308. The maximum absolute atomic E-state index is 12.2. The largest absolute Gasteiger partial charge is 0.412 e. The average Bonchev–Trinajstić information content (AvgIpc) is 3.31. The molecule has 1 aliphatic heterocycles. The number of halogens is 2. The molecule has 0 radical (unpaired) electrons. The number of benzene rings is 3. The second kappa shape index (κ2) is 10.9. The molecule has 1 saturated heterocycles. The lowest BCUT2D eigenvalue weighted by Gasteiger charge is -2.14. The van der Waals surface area contributed by atoms with Gasteiger partial charge in [-0.05, 0) is 78.9 Å². The predicted molar refractivity (Wildman–Crippen MR) is 135 cm³/mol. The quantitative estimate of drug-likeness (QED) is 0.394. The van der Waals surface area contributed by atoms with Crippen molar-refractivity contribution in [1.82, 2.24) is 10.2 Å². The Morgan fingerprint density at radius 2 is 1.58 bits per heavy atom. The topological polar surface area (TPSA) is 67.6 Å². The minimum Gasteiger partial charge on any atom is -0.408 e. The lowest BCUT2D eigenvalue weighted by molar-refractivity contribution is 0.201. The van der Waals surface area contributed by atoms with E-state index in [9.17, 15) is 4.79 Å². The maximum atomic E-state index is 12.2. The highest BCUT2D eigenvalue weighted by molar-refractivity contribution is 6.42. The first-order valence-corrected chi connectivity index (χ1v) is 11.8. The molecule has 172 valence electrons. The number of nitrogens with two attached hydrogens (primary N) is 1. The van der Waals surface area contributed by atoms with Gasteiger partial charge in [-0.15, -0.1) is 0 Å². The van der Waals surface area contributed by atoms with E-state index >= 15 is 0 Å². The van der Waals surface area contributed by atoms with Gasteiger partial charge in [0.15, 0.2) is 5.75 Å². The summed E-state index contributed by atoms with van der Waals surface area (Å²) in [5, 5.41) is 3.74. The molecule has 3 N–H and O–H groups in total. The molecule has 1 heterocycles. The molecule has 33 heavy (non-hydrogen) atoms. The van der Waals surface area contributed by atoms with Gasteiger partial charge in [-0.3, -0.25) is 4.90 Å². The van der Waals surface area contributed by atoms with Crippen molar-refractivity contribution in [3.8, 4) is 16.9 Å². The van der Waals surface area contributed by atoms with E-state index in [1.54, 1.807) is 24.3 Å². The van der Waals surface area contributed by atoms with E-state index in [0.717, 1.165) is 24.1 Å². The Morgan fingerprint density at radius 3 is 2.27 bits per heavy atom. The second-order valence-electron chi connectivity index (χ2n) is 8.25. The fourth-order valence-corrected chi connectivity index (χ4v) is 4.25. The van der Waals surface area contributed by atoms with Crippen LogP contribution in [0.15, 0.2) is 60.7 Å². The van der Waals surface area contributed by atoms with Gasteiger partial charge in [-0.25, -0.2) is 4.79 Å². The lowest BCUT2D eigenvalue weighted by Crippen LogP contribution is -2.29. The standard InChI is InChI=1S/C26H27Cl2N3O2/c27-22-9-7-20(15-23(22)28)21-8-10-25(24(29)16-21)33-26(32)30-12-11-18-3-5-19(6-4-18)17-31-13-1-2-14-31/h3-10,15-16H,1-2,11-14,17,29H2,(H,30,32). The summed E-state index contributed by atoms with van der Waals surface area (Å²) in [7, 11) is 0. The van der Waals surface area contributed by atoms with Crippen LogP contribution in [0.2, 0.25) is 10.0 Å². The van der Waals surface area contributed by atoms with Crippen molar-refractivity contribution in [1.29, 1.82) is 0 Å². The normalized spacial score (nSPS) is 13.8. The van der Waals surface area contributed by atoms with Crippen LogP contribution in [-0.4, -0.2) is 30.6 Å². The Kier molecular flexibility index (Phi) is 7.76. The fourth-order valence-electron chi connectivity index (χ4n) is 3.95. The van der Waals surface area contributed by atoms with Crippen LogP contribution in [0.4, 0.5) is 10.5 Å². The minimum atomic E-state index is -0.533. The van der Waals surface area contributed by atoms with Gasteiger partial charge in [0.25, 0.3) is 0 Å². The number of hydrogen-bond acceptors (Lipinski definition) is 4. The van der Waals surface area contributed by atoms with Crippen molar-refractivity contribution in [3.63, 3.8) is 0 Å². The van der Waals surface area contributed by atoms with Crippen LogP contribution in [-0.2, 0) is 13.0 Å². The first kappa shape index (κ1) is 23.4. The maximum Gasteiger partial charge on any atom is 0.412 e. The molecule has 1 aliphatic rings. The van der Waals surface area contributed by atoms with Crippen molar-refractivity contribution in [3.05, 3.63) is 81.8 Å². The number of rotatable bonds is 7. The van der Waals surface area contributed by atoms with Crippen molar-refractivity contribution in [2.24, 2.45) is 0 Å². The monoisotopic (exact) mass is 483 g/mol. The van der Waals surface area contributed by atoms with E-state index in [4.69, 9.17) is 33.7 Å². The third-order valence-corrected chi connectivity index (χ3v) is 6.52. The van der Waals surface area contributed by atoms with Crippen LogP contribution in [0.5, 0.6) is 5.75 Å². The Bertz CT molecular complexity index is 1110. The Morgan fingerprint density at radius 1 is 0.909 bits per heavy atom. The molecule has 0 aromatic heterocycles. The van der Waals surface area contributed by atoms with Crippen molar-refractivity contribution in [2.75, 3.05) is 25.4 Å². The predicted octanol–water partition coefficient (Wildman–Crippen LogP) is 6.17. The van der Waals surface area contributed by atoms with Crippen LogP contribution in [0.3, 0.4) is 0 Å². The summed E-state index contributed by atoms with van der Waals surface area (Å²) in [6.07, 6.45) is 2.79.